The van der Waals surface area contributed by atoms with Crippen LogP contribution < -0.4 is 10.6 Å². The Kier molecular flexibility index (Phi) is 4.66. The molecule has 0 saturated carbocycles. The average molecular weight is 333 g/mol. The summed E-state index contributed by atoms with van der Waals surface area (Å²) in [5, 5.41) is 6.38. The van der Waals surface area contributed by atoms with Crippen LogP contribution in [0, 0.1) is 6.92 Å². The van der Waals surface area contributed by atoms with E-state index in [4.69, 9.17) is 0 Å². The first-order valence-corrected chi connectivity index (χ1v) is 7.98. The molecule has 3 rings (SSSR count). The van der Waals surface area contributed by atoms with Crippen LogP contribution in [0.15, 0.2) is 61.2 Å². The highest BCUT2D eigenvalue weighted by atomic mass is 16.2. The second-order valence-corrected chi connectivity index (χ2v) is 5.74. The first-order valence-electron chi connectivity index (χ1n) is 7.98. The maximum Gasteiger partial charge on any atom is 0.270 e. The summed E-state index contributed by atoms with van der Waals surface area (Å²) in [5.74, 6) is -0.558. The highest BCUT2D eigenvalue weighted by Gasteiger charge is 2.19. The third-order valence-electron chi connectivity index (χ3n) is 3.89. The Morgan fingerprint density at radius 2 is 1.80 bits per heavy atom. The smallest absolute Gasteiger partial charge is 0.270 e. The van der Waals surface area contributed by atoms with E-state index in [1.807, 2.05) is 43.3 Å². The number of carbonyl (C=O) groups excluding carboxylic acids is 2. The topological polar surface area (TPSA) is 74.0 Å². The highest BCUT2D eigenvalue weighted by molar-refractivity contribution is 6.15. The molecule has 1 aromatic heterocycles. The predicted molar refractivity (Wildman–Crippen MR) is 100.0 cm³/mol. The SMILES string of the molecule is C=CCNC(=O)c1[nH]c2ccccc2c1NC(=O)c1ccc(C)cc1. The first kappa shape index (κ1) is 16.5. The van der Waals surface area contributed by atoms with Gasteiger partial charge in [-0.3, -0.25) is 9.59 Å². The molecule has 0 atom stereocenters. The van der Waals surface area contributed by atoms with Gasteiger partial charge in [0.15, 0.2) is 0 Å². The van der Waals surface area contributed by atoms with E-state index in [0.29, 0.717) is 23.5 Å². The van der Waals surface area contributed by atoms with Crippen molar-refractivity contribution >= 4 is 28.4 Å². The van der Waals surface area contributed by atoms with Crippen molar-refractivity contribution in [1.29, 1.82) is 0 Å². The molecule has 5 nitrogen and oxygen atoms in total. The third-order valence-corrected chi connectivity index (χ3v) is 3.89. The van der Waals surface area contributed by atoms with Gasteiger partial charge in [-0.15, -0.1) is 6.58 Å². The monoisotopic (exact) mass is 333 g/mol. The number of benzene rings is 2. The summed E-state index contributed by atoms with van der Waals surface area (Å²) in [6.07, 6.45) is 1.60. The van der Waals surface area contributed by atoms with E-state index in [1.54, 1.807) is 18.2 Å². The van der Waals surface area contributed by atoms with Gasteiger partial charge in [-0.1, -0.05) is 42.0 Å². The Morgan fingerprint density at radius 1 is 1.08 bits per heavy atom. The summed E-state index contributed by atoms with van der Waals surface area (Å²) in [7, 11) is 0. The number of rotatable bonds is 5. The van der Waals surface area contributed by atoms with Crippen molar-refractivity contribution in [2.24, 2.45) is 0 Å². The Hall–Kier alpha value is -3.34. The van der Waals surface area contributed by atoms with Crippen molar-refractivity contribution in [2.45, 2.75) is 6.92 Å². The molecule has 0 aliphatic heterocycles. The van der Waals surface area contributed by atoms with E-state index in [2.05, 4.69) is 22.2 Å². The molecule has 3 N–H and O–H groups in total. The van der Waals surface area contributed by atoms with Crippen molar-refractivity contribution in [3.8, 4) is 0 Å². The molecule has 1 heterocycles. The Morgan fingerprint density at radius 3 is 2.52 bits per heavy atom. The van der Waals surface area contributed by atoms with Crippen LogP contribution in [0.2, 0.25) is 0 Å². The molecule has 3 aromatic rings. The number of amides is 2. The van der Waals surface area contributed by atoms with Crippen LogP contribution in [0.3, 0.4) is 0 Å². The number of carbonyl (C=O) groups is 2. The standard InChI is InChI=1S/C20H19N3O2/c1-3-12-21-20(25)18-17(15-6-4-5-7-16(15)22-18)23-19(24)14-10-8-13(2)9-11-14/h3-11,22H,1,12H2,2H3,(H,21,25)(H,23,24). The minimum atomic E-state index is -0.296. The average Bonchev–Trinajstić information content (AvgIpc) is 2.99. The minimum absolute atomic E-state index is 0.262. The van der Waals surface area contributed by atoms with Gasteiger partial charge in [0.2, 0.25) is 0 Å². The number of nitrogens with one attached hydrogen (secondary N) is 3. The summed E-state index contributed by atoms with van der Waals surface area (Å²) >= 11 is 0. The molecule has 0 spiro atoms. The lowest BCUT2D eigenvalue weighted by Crippen LogP contribution is -2.25. The molecular formula is C20H19N3O2. The lowest BCUT2D eigenvalue weighted by molar-refractivity contribution is 0.0955. The second-order valence-electron chi connectivity index (χ2n) is 5.74. The Bertz CT molecular complexity index is 939. The Labute approximate surface area is 145 Å². The number of para-hydroxylation sites is 1. The largest absolute Gasteiger partial charge is 0.349 e. The summed E-state index contributed by atoms with van der Waals surface area (Å²) in [4.78, 5) is 28.1. The highest BCUT2D eigenvalue weighted by Crippen LogP contribution is 2.28. The van der Waals surface area contributed by atoms with Gasteiger partial charge in [0.25, 0.3) is 11.8 Å². The van der Waals surface area contributed by atoms with E-state index < -0.39 is 0 Å². The molecule has 0 radical (unpaired) electrons. The van der Waals surface area contributed by atoms with Crippen LogP contribution >= 0.6 is 0 Å². The zero-order chi connectivity index (χ0) is 17.8. The van der Waals surface area contributed by atoms with Gasteiger partial charge in [-0.05, 0) is 25.1 Å². The molecule has 0 fully saturated rings. The van der Waals surface area contributed by atoms with Gasteiger partial charge in [0.1, 0.15) is 5.69 Å². The molecule has 2 amide bonds. The van der Waals surface area contributed by atoms with E-state index in [-0.39, 0.29) is 11.8 Å². The first-order chi connectivity index (χ1) is 12.1. The van der Waals surface area contributed by atoms with Crippen LogP contribution in [0.5, 0.6) is 0 Å². The number of hydrogen-bond donors (Lipinski definition) is 3. The van der Waals surface area contributed by atoms with E-state index in [9.17, 15) is 9.59 Å². The molecule has 0 aliphatic carbocycles. The van der Waals surface area contributed by atoms with Gasteiger partial charge >= 0.3 is 0 Å². The summed E-state index contributed by atoms with van der Waals surface area (Å²) in [6, 6.07) is 14.7. The van der Waals surface area contributed by atoms with Gasteiger partial charge in [-0.25, -0.2) is 0 Å². The zero-order valence-electron chi connectivity index (χ0n) is 13.9. The fraction of sp³-hybridized carbons (Fsp3) is 0.100. The van der Waals surface area contributed by atoms with Gasteiger partial charge < -0.3 is 15.6 Å². The number of aryl methyl sites for hydroxylation is 1. The minimum Gasteiger partial charge on any atom is -0.349 e. The van der Waals surface area contributed by atoms with E-state index >= 15 is 0 Å². The quantitative estimate of drug-likeness (QED) is 0.624. The number of H-pyrrole nitrogens is 1. The number of fused-ring (bicyclic) bond motifs is 1. The molecule has 0 aliphatic rings. The van der Waals surface area contributed by atoms with Crippen LogP contribution in [-0.4, -0.2) is 23.3 Å². The van der Waals surface area contributed by atoms with Gasteiger partial charge in [0, 0.05) is 23.0 Å². The molecule has 0 unspecified atom stereocenters. The second kappa shape index (κ2) is 7.05. The maximum atomic E-state index is 12.6. The lowest BCUT2D eigenvalue weighted by atomic mass is 10.1. The fourth-order valence-corrected chi connectivity index (χ4v) is 2.59. The lowest BCUT2D eigenvalue weighted by Gasteiger charge is -2.08. The van der Waals surface area contributed by atoms with Crippen molar-refractivity contribution in [1.82, 2.24) is 10.3 Å². The number of aromatic amines is 1. The molecule has 0 saturated heterocycles. The summed E-state index contributed by atoms with van der Waals surface area (Å²) in [6.45, 7) is 5.90. The normalized spacial score (nSPS) is 10.4. The van der Waals surface area contributed by atoms with Crippen LogP contribution in [-0.2, 0) is 0 Å². The molecule has 126 valence electrons. The number of aromatic nitrogens is 1. The fourth-order valence-electron chi connectivity index (χ4n) is 2.59. The predicted octanol–water partition coefficient (Wildman–Crippen LogP) is 3.64. The molecule has 2 aromatic carbocycles. The van der Waals surface area contributed by atoms with Gasteiger partial charge in [-0.2, -0.15) is 0 Å². The van der Waals surface area contributed by atoms with Gasteiger partial charge in [0.05, 0.1) is 5.69 Å². The zero-order valence-corrected chi connectivity index (χ0v) is 13.9. The summed E-state index contributed by atoms with van der Waals surface area (Å²) in [5.41, 5.74) is 3.19. The van der Waals surface area contributed by atoms with E-state index in [1.165, 1.54) is 0 Å². The molecule has 5 heteroatoms. The van der Waals surface area contributed by atoms with Crippen molar-refractivity contribution < 1.29 is 9.59 Å². The van der Waals surface area contributed by atoms with Crippen molar-refractivity contribution in [2.75, 3.05) is 11.9 Å². The van der Waals surface area contributed by atoms with Crippen LogP contribution in [0.25, 0.3) is 10.9 Å². The number of hydrogen-bond acceptors (Lipinski definition) is 2. The third kappa shape index (κ3) is 3.45. The molecular weight excluding hydrogens is 314 g/mol. The van der Waals surface area contributed by atoms with E-state index in [0.717, 1.165) is 16.5 Å². The molecule has 25 heavy (non-hydrogen) atoms. The van der Waals surface area contributed by atoms with Crippen molar-refractivity contribution in [3.05, 3.63) is 78.0 Å². The van der Waals surface area contributed by atoms with Crippen LogP contribution in [0.1, 0.15) is 26.4 Å². The molecule has 0 bridgehead atoms. The van der Waals surface area contributed by atoms with Crippen molar-refractivity contribution in [3.63, 3.8) is 0 Å². The number of anilines is 1. The summed E-state index contributed by atoms with van der Waals surface area (Å²) < 4.78 is 0. The Balaban J connectivity index is 1.98. The van der Waals surface area contributed by atoms with Crippen LogP contribution in [0.4, 0.5) is 5.69 Å². The maximum absolute atomic E-state index is 12.6.